The van der Waals surface area contributed by atoms with Gasteiger partial charge in [0.2, 0.25) is 0 Å². The van der Waals surface area contributed by atoms with Gasteiger partial charge in [-0.2, -0.15) is 0 Å². The molecule has 0 aromatic heterocycles. The number of hydrogen-bond acceptors (Lipinski definition) is 6. The lowest BCUT2D eigenvalue weighted by molar-refractivity contribution is 0.735. The molecule has 0 saturated carbocycles. The molecule has 0 fully saturated rings. The van der Waals surface area contributed by atoms with Gasteiger partial charge >= 0.3 is 0 Å². The van der Waals surface area contributed by atoms with E-state index in [1.807, 2.05) is 50.1 Å². The van der Waals surface area contributed by atoms with Crippen molar-refractivity contribution in [2.75, 3.05) is 5.75 Å². The van der Waals surface area contributed by atoms with E-state index in [2.05, 4.69) is 35.8 Å². The van der Waals surface area contributed by atoms with Crippen LogP contribution in [0.3, 0.4) is 0 Å². The standard InChI is InChI=1S/C11H16S6/c1-2-4-6-8-10-12-14-16-17-15-13-11-9-7-5-3-1/h1-2,4,6,8,10H,3,5,7,9,11H2/b2-1+,6-4?,10-8?. The second-order valence-corrected chi connectivity index (χ2v) is 12.7. The first-order valence-corrected chi connectivity index (χ1v) is 13.1. The van der Waals surface area contributed by atoms with Crippen LogP contribution in [-0.2, 0) is 0 Å². The van der Waals surface area contributed by atoms with Crippen molar-refractivity contribution in [3.63, 3.8) is 0 Å². The highest BCUT2D eigenvalue weighted by Crippen LogP contribution is 2.52. The minimum Gasteiger partial charge on any atom is -0.0845 e. The van der Waals surface area contributed by atoms with Crippen LogP contribution in [0.25, 0.3) is 0 Å². The molecular weight excluding hydrogens is 325 g/mol. The summed E-state index contributed by atoms with van der Waals surface area (Å²) in [5.74, 6) is 1.28. The molecule has 0 saturated heterocycles. The summed E-state index contributed by atoms with van der Waals surface area (Å²) in [6.45, 7) is 0. The van der Waals surface area contributed by atoms with Crippen LogP contribution in [0.2, 0.25) is 0 Å². The van der Waals surface area contributed by atoms with Crippen molar-refractivity contribution in [1.82, 2.24) is 0 Å². The molecule has 1 aliphatic rings. The molecule has 0 N–H and O–H groups in total. The van der Waals surface area contributed by atoms with Crippen LogP contribution in [0, 0.1) is 0 Å². The van der Waals surface area contributed by atoms with Crippen LogP contribution in [0.1, 0.15) is 25.7 Å². The highest BCUT2D eigenvalue weighted by atomic mass is 33.9. The molecule has 0 unspecified atom stereocenters. The highest BCUT2D eigenvalue weighted by molar-refractivity contribution is 9.42. The predicted octanol–water partition coefficient (Wildman–Crippen LogP) is 7.16. The second kappa shape index (κ2) is 13.7. The van der Waals surface area contributed by atoms with Crippen LogP contribution in [0.15, 0.2) is 35.8 Å². The van der Waals surface area contributed by atoms with Gasteiger partial charge in [-0.25, -0.2) is 0 Å². The van der Waals surface area contributed by atoms with Crippen LogP contribution in [0.4, 0.5) is 0 Å². The van der Waals surface area contributed by atoms with Crippen LogP contribution in [0.5, 0.6) is 0 Å². The van der Waals surface area contributed by atoms with E-state index in [1.165, 1.54) is 31.4 Å². The minimum atomic E-state index is 1.21. The summed E-state index contributed by atoms with van der Waals surface area (Å²) < 4.78 is 0. The van der Waals surface area contributed by atoms with E-state index >= 15 is 0 Å². The Balaban J connectivity index is 2.22. The third-order valence-corrected chi connectivity index (χ3v) is 12.4. The fourth-order valence-electron chi connectivity index (χ4n) is 1.10. The first-order chi connectivity index (χ1) is 8.50. The second-order valence-electron chi connectivity index (χ2n) is 3.18. The molecule has 6 heteroatoms. The molecule has 0 aromatic carbocycles. The highest BCUT2D eigenvalue weighted by Gasteiger charge is 1.94. The van der Waals surface area contributed by atoms with Crippen LogP contribution in [-0.4, -0.2) is 5.75 Å². The number of allylic oxidation sites excluding steroid dienone is 5. The Hall–Kier alpha value is 1.32. The summed E-state index contributed by atoms with van der Waals surface area (Å²) in [6.07, 6.45) is 15.9. The lowest BCUT2D eigenvalue weighted by Crippen LogP contribution is -1.77. The maximum atomic E-state index is 2.26. The van der Waals surface area contributed by atoms with Crippen molar-refractivity contribution in [2.24, 2.45) is 0 Å². The molecule has 0 radical (unpaired) electrons. The zero-order chi connectivity index (χ0) is 12.0. The molecule has 17 heavy (non-hydrogen) atoms. The summed E-state index contributed by atoms with van der Waals surface area (Å²) in [7, 11) is 11.2. The Bertz CT molecular complexity index is 224. The van der Waals surface area contributed by atoms with E-state index in [1.54, 1.807) is 10.8 Å². The summed E-state index contributed by atoms with van der Waals surface area (Å²) in [4.78, 5) is 0. The molecule has 1 heterocycles. The van der Waals surface area contributed by atoms with E-state index in [9.17, 15) is 0 Å². The van der Waals surface area contributed by atoms with E-state index in [0.717, 1.165) is 0 Å². The Kier molecular flexibility index (Phi) is 13.2. The molecule has 1 rings (SSSR count). The molecule has 0 spiro atoms. The van der Waals surface area contributed by atoms with Crippen molar-refractivity contribution in [1.29, 1.82) is 0 Å². The zero-order valence-corrected chi connectivity index (χ0v) is 14.3. The molecule has 0 aromatic rings. The molecule has 0 aliphatic carbocycles. The van der Waals surface area contributed by atoms with E-state index < -0.39 is 0 Å². The average molecular weight is 341 g/mol. The van der Waals surface area contributed by atoms with Gasteiger partial charge in [-0.1, -0.05) is 58.4 Å². The molecule has 0 bridgehead atoms. The fourth-order valence-corrected chi connectivity index (χ4v) is 11.9. The molecule has 0 amide bonds. The molecule has 1 aliphatic heterocycles. The smallest absolute Gasteiger partial charge is 0.00454 e. The summed E-state index contributed by atoms with van der Waals surface area (Å²) in [5.41, 5.74) is 0. The SMILES string of the molecule is C1=C/C=C/CCCCCSSSSSSC=C1. The largest absolute Gasteiger partial charge is 0.0845 e. The fraction of sp³-hybridized carbons (Fsp3) is 0.455. The predicted molar refractivity (Wildman–Crippen MR) is 96.3 cm³/mol. The van der Waals surface area contributed by atoms with Crippen molar-refractivity contribution in [3.05, 3.63) is 35.8 Å². The quantitative estimate of drug-likeness (QED) is 0.426. The van der Waals surface area contributed by atoms with E-state index in [4.69, 9.17) is 0 Å². The van der Waals surface area contributed by atoms with Crippen molar-refractivity contribution >= 4 is 60.9 Å². The zero-order valence-electron chi connectivity index (χ0n) is 9.45. The lowest BCUT2D eigenvalue weighted by atomic mass is 10.2. The Labute approximate surface area is 127 Å². The van der Waals surface area contributed by atoms with Gasteiger partial charge in [-0.05, 0) is 64.0 Å². The monoisotopic (exact) mass is 340 g/mol. The summed E-state index contributed by atoms with van der Waals surface area (Å²) in [6, 6.07) is 0. The molecule has 96 valence electrons. The Morgan fingerprint density at radius 1 is 0.706 bits per heavy atom. The van der Waals surface area contributed by atoms with Gasteiger partial charge in [0.25, 0.3) is 0 Å². The Morgan fingerprint density at radius 2 is 1.59 bits per heavy atom. The average Bonchev–Trinajstić information content (AvgIpc) is 2.35. The van der Waals surface area contributed by atoms with Crippen LogP contribution < -0.4 is 0 Å². The third-order valence-electron chi connectivity index (χ3n) is 1.87. The first-order valence-electron chi connectivity index (χ1n) is 5.43. The van der Waals surface area contributed by atoms with Gasteiger partial charge in [0.15, 0.2) is 0 Å². The third kappa shape index (κ3) is 12.1. The van der Waals surface area contributed by atoms with Crippen LogP contribution >= 0.6 is 60.9 Å². The number of rotatable bonds is 0. The number of hydrogen-bond donors (Lipinski definition) is 0. The maximum absolute atomic E-state index is 2.26. The van der Waals surface area contributed by atoms with Gasteiger partial charge < -0.3 is 0 Å². The molecule has 0 nitrogen and oxygen atoms in total. The van der Waals surface area contributed by atoms with Crippen molar-refractivity contribution in [3.8, 4) is 0 Å². The summed E-state index contributed by atoms with van der Waals surface area (Å²) >= 11 is 0. The summed E-state index contributed by atoms with van der Waals surface area (Å²) in [5, 5.41) is 2.12. The van der Waals surface area contributed by atoms with E-state index in [-0.39, 0.29) is 0 Å². The Morgan fingerprint density at radius 3 is 2.59 bits per heavy atom. The first kappa shape index (κ1) is 16.4. The topological polar surface area (TPSA) is 0 Å². The van der Waals surface area contributed by atoms with Gasteiger partial charge in [0.1, 0.15) is 0 Å². The normalized spacial score (nSPS) is 23.1. The van der Waals surface area contributed by atoms with Crippen molar-refractivity contribution in [2.45, 2.75) is 25.7 Å². The molecular formula is C11H16S6. The van der Waals surface area contributed by atoms with Gasteiger partial charge in [-0.3, -0.25) is 0 Å². The van der Waals surface area contributed by atoms with Gasteiger partial charge in [0, 0.05) is 5.75 Å². The minimum absolute atomic E-state index is 1.21. The molecule has 0 atom stereocenters. The van der Waals surface area contributed by atoms with Crippen molar-refractivity contribution < 1.29 is 0 Å². The van der Waals surface area contributed by atoms with Gasteiger partial charge in [0.05, 0.1) is 0 Å². The maximum Gasteiger partial charge on any atom is 0.00454 e. The van der Waals surface area contributed by atoms with Gasteiger partial charge in [-0.15, -0.1) is 0 Å². The van der Waals surface area contributed by atoms with E-state index in [0.29, 0.717) is 0 Å². The lowest BCUT2D eigenvalue weighted by Gasteiger charge is -1.99.